The van der Waals surface area contributed by atoms with Gasteiger partial charge in [0.1, 0.15) is 0 Å². The molecule has 0 amide bonds. The third-order valence-corrected chi connectivity index (χ3v) is 5.07. The highest BCUT2D eigenvalue weighted by molar-refractivity contribution is 6.20. The minimum atomic E-state index is -0.289. The maximum Gasteiger partial charge on any atom is 0.419 e. The highest BCUT2D eigenvalue weighted by Crippen LogP contribution is 2.35. The Balaban J connectivity index is 1.81. The first-order valence-electron chi connectivity index (χ1n) is 7.96. The zero-order valence-corrected chi connectivity index (χ0v) is 13.2. The number of rotatable bonds is 4. The van der Waals surface area contributed by atoms with Gasteiger partial charge in [0.25, 0.3) is 0 Å². The molecule has 1 aliphatic rings. The lowest BCUT2D eigenvalue weighted by Gasteiger charge is -2.23. The average Bonchev–Trinajstić information content (AvgIpc) is 2.82. The van der Waals surface area contributed by atoms with Gasteiger partial charge in [-0.1, -0.05) is 38.2 Å². The van der Waals surface area contributed by atoms with E-state index in [0.717, 1.165) is 23.4 Å². The molecule has 0 bridgehead atoms. The van der Waals surface area contributed by atoms with E-state index in [-0.39, 0.29) is 11.1 Å². The van der Waals surface area contributed by atoms with Crippen molar-refractivity contribution < 1.29 is 4.42 Å². The minimum absolute atomic E-state index is 0.00720. The summed E-state index contributed by atoms with van der Waals surface area (Å²) in [4.78, 5) is 11.7. The molecule has 3 nitrogen and oxygen atoms in total. The van der Waals surface area contributed by atoms with Crippen LogP contribution in [0.25, 0.3) is 11.1 Å². The molecular weight excluding hydrogens is 286 g/mol. The van der Waals surface area contributed by atoms with Crippen LogP contribution in [-0.2, 0) is 6.54 Å². The molecule has 0 spiro atoms. The van der Waals surface area contributed by atoms with Gasteiger partial charge in [0.15, 0.2) is 5.58 Å². The predicted molar refractivity (Wildman–Crippen MR) is 85.9 cm³/mol. The van der Waals surface area contributed by atoms with Crippen molar-refractivity contribution in [2.45, 2.75) is 57.4 Å². The number of aromatic nitrogens is 1. The van der Waals surface area contributed by atoms with Crippen LogP contribution in [0.1, 0.15) is 56.4 Å². The standard InChI is InChI=1S/C17H22ClNO2/c1-2-19-15-9-8-13(11-16(15)21-17(19)20)14(18)10-12-6-4-3-5-7-12/h8-9,11-12,14H,2-7,10H2,1H3. The number of hydrogen-bond acceptors (Lipinski definition) is 2. The summed E-state index contributed by atoms with van der Waals surface area (Å²) < 4.78 is 6.96. The first-order valence-corrected chi connectivity index (χ1v) is 8.40. The fourth-order valence-corrected chi connectivity index (χ4v) is 3.82. The Morgan fingerprint density at radius 3 is 2.81 bits per heavy atom. The molecule has 21 heavy (non-hydrogen) atoms. The second kappa shape index (κ2) is 6.27. The van der Waals surface area contributed by atoms with E-state index in [1.807, 2.05) is 25.1 Å². The Kier molecular flexibility index (Phi) is 4.39. The Morgan fingerprint density at radius 1 is 1.33 bits per heavy atom. The van der Waals surface area contributed by atoms with Gasteiger partial charge in [-0.05, 0) is 37.0 Å². The van der Waals surface area contributed by atoms with E-state index in [1.165, 1.54) is 32.1 Å². The van der Waals surface area contributed by atoms with Crippen LogP contribution in [0.15, 0.2) is 27.4 Å². The number of nitrogens with zero attached hydrogens (tertiary/aromatic N) is 1. The summed E-state index contributed by atoms with van der Waals surface area (Å²) in [5.74, 6) is 0.451. The van der Waals surface area contributed by atoms with Crippen LogP contribution in [-0.4, -0.2) is 4.57 Å². The Morgan fingerprint density at radius 2 is 2.10 bits per heavy atom. The average molecular weight is 308 g/mol. The fraction of sp³-hybridized carbons (Fsp3) is 0.588. The summed E-state index contributed by atoms with van der Waals surface area (Å²) in [6, 6.07) is 5.92. The van der Waals surface area contributed by atoms with Crippen LogP contribution >= 0.6 is 11.6 Å². The van der Waals surface area contributed by atoms with Gasteiger partial charge in [0.05, 0.1) is 10.9 Å². The minimum Gasteiger partial charge on any atom is -0.408 e. The van der Waals surface area contributed by atoms with Crippen LogP contribution in [0.5, 0.6) is 0 Å². The van der Waals surface area contributed by atoms with Crippen LogP contribution in [0.2, 0.25) is 0 Å². The second-order valence-corrected chi connectivity index (χ2v) is 6.57. The Labute approximate surface area is 129 Å². The topological polar surface area (TPSA) is 35.1 Å². The van der Waals surface area contributed by atoms with Crippen molar-refractivity contribution in [2.24, 2.45) is 5.92 Å². The van der Waals surface area contributed by atoms with Gasteiger partial charge in [0.2, 0.25) is 0 Å². The van der Waals surface area contributed by atoms with Gasteiger partial charge in [-0.2, -0.15) is 0 Å². The SMILES string of the molecule is CCn1c(=O)oc2cc(C(Cl)CC3CCCCC3)ccc21. The van der Waals surface area contributed by atoms with E-state index in [1.54, 1.807) is 4.57 Å². The van der Waals surface area contributed by atoms with Gasteiger partial charge >= 0.3 is 5.76 Å². The van der Waals surface area contributed by atoms with Crippen molar-refractivity contribution in [2.75, 3.05) is 0 Å². The maximum atomic E-state index is 11.7. The molecule has 0 saturated heterocycles. The molecule has 1 aromatic carbocycles. The zero-order valence-electron chi connectivity index (χ0n) is 12.5. The molecular formula is C17H22ClNO2. The quantitative estimate of drug-likeness (QED) is 0.756. The molecule has 2 aromatic rings. The van der Waals surface area contributed by atoms with Crippen molar-refractivity contribution in [1.82, 2.24) is 4.57 Å². The molecule has 1 heterocycles. The molecule has 0 N–H and O–H groups in total. The largest absolute Gasteiger partial charge is 0.419 e. The molecule has 0 aliphatic heterocycles. The predicted octanol–water partition coefficient (Wildman–Crippen LogP) is 4.86. The first-order chi connectivity index (χ1) is 10.2. The highest BCUT2D eigenvalue weighted by atomic mass is 35.5. The normalized spacial score (nSPS) is 18.2. The third-order valence-electron chi connectivity index (χ3n) is 4.64. The first kappa shape index (κ1) is 14.7. The lowest BCUT2D eigenvalue weighted by molar-refractivity contribution is 0.336. The van der Waals surface area contributed by atoms with E-state index in [0.29, 0.717) is 12.1 Å². The van der Waals surface area contributed by atoms with Crippen molar-refractivity contribution in [3.63, 3.8) is 0 Å². The van der Waals surface area contributed by atoms with E-state index >= 15 is 0 Å². The van der Waals surface area contributed by atoms with Crippen LogP contribution < -0.4 is 5.76 Å². The summed E-state index contributed by atoms with van der Waals surface area (Å²) in [5.41, 5.74) is 2.56. The van der Waals surface area contributed by atoms with Gasteiger partial charge in [-0.3, -0.25) is 4.57 Å². The van der Waals surface area contributed by atoms with Crippen LogP contribution in [0, 0.1) is 5.92 Å². The smallest absolute Gasteiger partial charge is 0.408 e. The number of oxazole rings is 1. The molecule has 1 aromatic heterocycles. The number of halogens is 1. The number of alkyl halides is 1. The zero-order chi connectivity index (χ0) is 14.8. The van der Waals surface area contributed by atoms with Crippen molar-refractivity contribution in [3.05, 3.63) is 34.3 Å². The van der Waals surface area contributed by atoms with Gasteiger partial charge < -0.3 is 4.42 Å². The van der Waals surface area contributed by atoms with E-state index in [2.05, 4.69) is 0 Å². The van der Waals surface area contributed by atoms with Crippen molar-refractivity contribution >= 4 is 22.7 Å². The van der Waals surface area contributed by atoms with E-state index in [9.17, 15) is 4.79 Å². The van der Waals surface area contributed by atoms with Crippen LogP contribution in [0.4, 0.5) is 0 Å². The van der Waals surface area contributed by atoms with Gasteiger partial charge in [-0.15, -0.1) is 11.6 Å². The summed E-state index contributed by atoms with van der Waals surface area (Å²) in [6.45, 7) is 2.56. The summed E-state index contributed by atoms with van der Waals surface area (Å²) in [6.07, 6.45) is 7.65. The Hall–Kier alpha value is -1.22. The number of aryl methyl sites for hydroxylation is 1. The summed E-state index contributed by atoms with van der Waals surface area (Å²) >= 11 is 6.59. The van der Waals surface area contributed by atoms with Crippen molar-refractivity contribution in [1.29, 1.82) is 0 Å². The van der Waals surface area contributed by atoms with Gasteiger partial charge in [0, 0.05) is 6.54 Å². The molecule has 1 unspecified atom stereocenters. The molecule has 0 radical (unpaired) electrons. The van der Waals surface area contributed by atoms with Crippen molar-refractivity contribution in [3.8, 4) is 0 Å². The molecule has 1 fully saturated rings. The molecule has 3 rings (SSSR count). The molecule has 1 saturated carbocycles. The van der Waals surface area contributed by atoms with E-state index < -0.39 is 0 Å². The number of fused-ring (bicyclic) bond motifs is 1. The summed E-state index contributed by atoms with van der Waals surface area (Å²) in [7, 11) is 0. The maximum absolute atomic E-state index is 11.7. The lowest BCUT2D eigenvalue weighted by atomic mass is 9.85. The number of benzene rings is 1. The second-order valence-electron chi connectivity index (χ2n) is 6.05. The summed E-state index contributed by atoms with van der Waals surface area (Å²) in [5, 5.41) is 0.00720. The monoisotopic (exact) mass is 307 g/mol. The Bertz CT molecular complexity index is 667. The highest BCUT2D eigenvalue weighted by Gasteiger charge is 2.19. The molecule has 114 valence electrons. The number of hydrogen-bond donors (Lipinski definition) is 0. The molecule has 4 heteroatoms. The van der Waals surface area contributed by atoms with E-state index in [4.69, 9.17) is 16.0 Å². The van der Waals surface area contributed by atoms with Gasteiger partial charge in [-0.25, -0.2) is 4.79 Å². The third kappa shape index (κ3) is 3.03. The lowest BCUT2D eigenvalue weighted by Crippen LogP contribution is -2.12. The molecule has 1 atom stereocenters. The molecule has 1 aliphatic carbocycles. The van der Waals surface area contributed by atoms with Crippen LogP contribution in [0.3, 0.4) is 0 Å². The fourth-order valence-electron chi connectivity index (χ4n) is 3.43.